The summed E-state index contributed by atoms with van der Waals surface area (Å²) in [7, 11) is 4.19. The molecule has 0 radical (unpaired) electrons. The minimum atomic E-state index is 0.842. The summed E-state index contributed by atoms with van der Waals surface area (Å²) >= 11 is 0. The molecule has 3 heteroatoms. The SMILES string of the molecule is CN1c2ccccc2N(C)c2cc(Oc3ccccc3)ccc21. The van der Waals surface area contributed by atoms with Gasteiger partial charge in [0.25, 0.3) is 0 Å². The monoisotopic (exact) mass is 302 g/mol. The first kappa shape index (κ1) is 13.7. The molecule has 0 aliphatic carbocycles. The molecule has 0 spiro atoms. The quantitative estimate of drug-likeness (QED) is 0.636. The molecule has 0 unspecified atom stereocenters. The van der Waals surface area contributed by atoms with Crippen molar-refractivity contribution in [1.82, 2.24) is 0 Å². The van der Waals surface area contributed by atoms with E-state index in [1.807, 2.05) is 36.4 Å². The molecule has 3 nitrogen and oxygen atoms in total. The van der Waals surface area contributed by atoms with Gasteiger partial charge >= 0.3 is 0 Å². The number of hydrogen-bond donors (Lipinski definition) is 0. The summed E-state index contributed by atoms with van der Waals surface area (Å²) in [5.41, 5.74) is 4.71. The Morgan fingerprint density at radius 3 is 1.83 bits per heavy atom. The number of benzene rings is 3. The Kier molecular flexibility index (Phi) is 3.19. The van der Waals surface area contributed by atoms with Crippen LogP contribution in [0.3, 0.4) is 0 Å². The normalized spacial score (nSPS) is 12.6. The van der Waals surface area contributed by atoms with Crippen molar-refractivity contribution < 1.29 is 4.74 Å². The molecule has 3 aromatic carbocycles. The van der Waals surface area contributed by atoms with Crippen LogP contribution in [0.1, 0.15) is 0 Å². The van der Waals surface area contributed by atoms with Crippen molar-refractivity contribution in [3.63, 3.8) is 0 Å². The van der Waals surface area contributed by atoms with Crippen molar-refractivity contribution in [3.05, 3.63) is 72.8 Å². The molecule has 0 bridgehead atoms. The van der Waals surface area contributed by atoms with E-state index in [9.17, 15) is 0 Å². The van der Waals surface area contributed by atoms with Gasteiger partial charge in [0.05, 0.1) is 22.7 Å². The van der Waals surface area contributed by atoms with Crippen LogP contribution in [0.25, 0.3) is 0 Å². The van der Waals surface area contributed by atoms with Gasteiger partial charge in [0.2, 0.25) is 0 Å². The Balaban J connectivity index is 1.74. The largest absolute Gasteiger partial charge is 0.457 e. The van der Waals surface area contributed by atoms with Crippen molar-refractivity contribution in [3.8, 4) is 11.5 Å². The molecule has 1 aliphatic rings. The molecule has 0 N–H and O–H groups in total. The molecule has 0 atom stereocenters. The van der Waals surface area contributed by atoms with Crippen molar-refractivity contribution in [1.29, 1.82) is 0 Å². The fourth-order valence-electron chi connectivity index (χ4n) is 3.03. The highest BCUT2D eigenvalue weighted by atomic mass is 16.5. The van der Waals surface area contributed by atoms with E-state index in [0.29, 0.717) is 0 Å². The van der Waals surface area contributed by atoms with E-state index < -0.39 is 0 Å². The second-order valence-electron chi connectivity index (χ2n) is 5.67. The zero-order valence-corrected chi connectivity index (χ0v) is 13.2. The molecule has 0 saturated heterocycles. The maximum Gasteiger partial charge on any atom is 0.129 e. The lowest BCUT2D eigenvalue weighted by atomic mass is 10.1. The van der Waals surface area contributed by atoms with E-state index in [2.05, 4.69) is 60.3 Å². The van der Waals surface area contributed by atoms with Crippen molar-refractivity contribution >= 4 is 22.7 Å². The number of rotatable bonds is 2. The molecule has 3 aromatic rings. The summed E-state index contributed by atoms with van der Waals surface area (Å²) in [5.74, 6) is 1.69. The van der Waals surface area contributed by atoms with Crippen LogP contribution in [0, 0.1) is 0 Å². The molecule has 0 aromatic heterocycles. The summed E-state index contributed by atoms with van der Waals surface area (Å²) in [6, 6.07) is 24.5. The number of nitrogens with zero attached hydrogens (tertiary/aromatic N) is 2. The molecule has 1 aliphatic heterocycles. The second-order valence-corrected chi connectivity index (χ2v) is 5.67. The predicted octanol–water partition coefficient (Wildman–Crippen LogP) is 5.33. The summed E-state index contributed by atoms with van der Waals surface area (Å²) in [6.45, 7) is 0. The number of fused-ring (bicyclic) bond motifs is 2. The minimum absolute atomic E-state index is 0.842. The highest BCUT2D eigenvalue weighted by molar-refractivity contribution is 5.93. The topological polar surface area (TPSA) is 15.7 Å². The Morgan fingerprint density at radius 2 is 1.13 bits per heavy atom. The second kappa shape index (κ2) is 5.36. The van der Waals surface area contributed by atoms with Gasteiger partial charge in [-0.15, -0.1) is 0 Å². The van der Waals surface area contributed by atoms with Crippen LogP contribution in [0.15, 0.2) is 72.8 Å². The maximum absolute atomic E-state index is 5.97. The van der Waals surface area contributed by atoms with E-state index in [1.54, 1.807) is 0 Å². The first-order valence-corrected chi connectivity index (χ1v) is 7.67. The fraction of sp³-hybridized carbons (Fsp3) is 0.100. The first-order chi connectivity index (χ1) is 11.2. The standard InChI is InChI=1S/C20H18N2O/c1-21-17-10-6-7-11-18(17)22(2)20-14-16(12-13-19(20)21)23-15-8-4-3-5-9-15/h3-14H,1-2H3. The Bertz CT molecular complexity index is 845. The summed E-state index contributed by atoms with van der Waals surface area (Å²) < 4.78 is 5.97. The highest BCUT2D eigenvalue weighted by Gasteiger charge is 2.23. The van der Waals surface area contributed by atoms with Crippen LogP contribution >= 0.6 is 0 Å². The zero-order valence-electron chi connectivity index (χ0n) is 13.2. The van der Waals surface area contributed by atoms with Crippen LogP contribution in [0.5, 0.6) is 11.5 Å². The third-order valence-electron chi connectivity index (χ3n) is 4.25. The van der Waals surface area contributed by atoms with Gasteiger partial charge in [-0.1, -0.05) is 30.3 Å². The fourth-order valence-corrected chi connectivity index (χ4v) is 3.03. The van der Waals surface area contributed by atoms with Crippen LogP contribution in [-0.2, 0) is 0 Å². The van der Waals surface area contributed by atoms with E-state index in [4.69, 9.17) is 4.74 Å². The molecule has 0 amide bonds. The lowest BCUT2D eigenvalue weighted by molar-refractivity contribution is 0.483. The maximum atomic E-state index is 5.97. The Morgan fingerprint density at radius 1 is 0.565 bits per heavy atom. The number of para-hydroxylation sites is 3. The van der Waals surface area contributed by atoms with Crippen molar-refractivity contribution in [2.45, 2.75) is 0 Å². The molecule has 114 valence electrons. The third-order valence-corrected chi connectivity index (χ3v) is 4.25. The number of anilines is 4. The van der Waals surface area contributed by atoms with Crippen molar-refractivity contribution in [2.75, 3.05) is 23.9 Å². The van der Waals surface area contributed by atoms with E-state index in [1.165, 1.54) is 17.1 Å². The first-order valence-electron chi connectivity index (χ1n) is 7.67. The van der Waals surface area contributed by atoms with Crippen LogP contribution in [0.4, 0.5) is 22.7 Å². The average molecular weight is 302 g/mol. The number of hydrogen-bond acceptors (Lipinski definition) is 3. The van der Waals surface area contributed by atoms with Gasteiger partial charge in [0, 0.05) is 20.2 Å². The lowest BCUT2D eigenvalue weighted by Crippen LogP contribution is -2.24. The molecular weight excluding hydrogens is 284 g/mol. The van der Waals surface area contributed by atoms with E-state index in [-0.39, 0.29) is 0 Å². The third kappa shape index (κ3) is 2.30. The Labute approximate surface area is 136 Å². The van der Waals surface area contributed by atoms with Gasteiger partial charge in [-0.2, -0.15) is 0 Å². The molecule has 4 rings (SSSR count). The van der Waals surface area contributed by atoms with Crippen LogP contribution in [-0.4, -0.2) is 14.1 Å². The summed E-state index contributed by atoms with van der Waals surface area (Å²) in [6.07, 6.45) is 0. The average Bonchev–Trinajstić information content (AvgIpc) is 2.60. The van der Waals surface area contributed by atoms with Crippen LogP contribution < -0.4 is 14.5 Å². The summed E-state index contributed by atoms with van der Waals surface area (Å²) in [4.78, 5) is 4.43. The minimum Gasteiger partial charge on any atom is -0.457 e. The summed E-state index contributed by atoms with van der Waals surface area (Å²) in [5, 5.41) is 0. The van der Waals surface area contributed by atoms with Crippen LogP contribution in [0.2, 0.25) is 0 Å². The molecular formula is C20H18N2O. The smallest absolute Gasteiger partial charge is 0.129 e. The van der Waals surface area contributed by atoms with Gasteiger partial charge < -0.3 is 14.5 Å². The zero-order chi connectivity index (χ0) is 15.8. The molecule has 0 saturated carbocycles. The molecule has 23 heavy (non-hydrogen) atoms. The predicted molar refractivity (Wildman–Crippen MR) is 95.5 cm³/mol. The van der Waals surface area contributed by atoms with Gasteiger partial charge in [0.15, 0.2) is 0 Å². The molecule has 1 heterocycles. The van der Waals surface area contributed by atoms with E-state index in [0.717, 1.165) is 17.2 Å². The number of ether oxygens (including phenoxy) is 1. The molecule has 0 fully saturated rings. The van der Waals surface area contributed by atoms with Gasteiger partial charge in [-0.05, 0) is 36.4 Å². The van der Waals surface area contributed by atoms with Gasteiger partial charge in [-0.3, -0.25) is 0 Å². The lowest BCUT2D eigenvalue weighted by Gasteiger charge is -2.36. The highest BCUT2D eigenvalue weighted by Crippen LogP contribution is 2.47. The van der Waals surface area contributed by atoms with Gasteiger partial charge in [0.1, 0.15) is 11.5 Å². The van der Waals surface area contributed by atoms with Crippen molar-refractivity contribution in [2.24, 2.45) is 0 Å². The van der Waals surface area contributed by atoms with Gasteiger partial charge in [-0.25, -0.2) is 0 Å². The van der Waals surface area contributed by atoms with E-state index >= 15 is 0 Å². The Hall–Kier alpha value is -2.94.